The Kier molecular flexibility index (Phi) is 20.3. The summed E-state index contributed by atoms with van der Waals surface area (Å²) in [6.07, 6.45) is 0. The Labute approximate surface area is 42.2 Å². The van der Waals surface area contributed by atoms with Crippen molar-refractivity contribution in [2.75, 3.05) is 0 Å². The minimum atomic E-state index is 0. The van der Waals surface area contributed by atoms with Crippen LogP contribution in [0.25, 0.3) is 0 Å². The summed E-state index contributed by atoms with van der Waals surface area (Å²) in [6, 6.07) is 0. The molecule has 0 rings (SSSR count). The predicted octanol–water partition coefficient (Wildman–Crippen LogP) is -3.09. The van der Waals surface area contributed by atoms with Crippen molar-refractivity contribution >= 4 is 35.7 Å². The van der Waals surface area contributed by atoms with Crippen molar-refractivity contribution in [3.05, 3.63) is 0 Å². The van der Waals surface area contributed by atoms with Crippen LogP contribution in [0.2, 0.25) is 5.94 Å². The van der Waals surface area contributed by atoms with Crippen molar-refractivity contribution in [1.82, 2.24) is 0 Å². The first-order valence-electron chi connectivity index (χ1n) is 1.41. The Morgan fingerprint density at radius 1 is 1.75 bits per heavy atom. The number of rotatable bonds is 0. The summed E-state index contributed by atoms with van der Waals surface area (Å²) in [7, 11) is 3.56. The molecule has 0 saturated heterocycles. The fraction of sp³-hybridized carbons (Fsp3) is 1.00. The standard InChI is InChI=1S/CH7BSi.GeH4/c2-1-3;/h1-2H2,3H3;1H4. The molecule has 0 aliphatic heterocycles. The van der Waals surface area contributed by atoms with Crippen LogP contribution in [0.4, 0.5) is 0 Å². The quantitative estimate of drug-likeness (QED) is 0.308. The van der Waals surface area contributed by atoms with E-state index in [0.29, 0.717) is 0 Å². The molecule has 0 nitrogen and oxygen atoms in total. The van der Waals surface area contributed by atoms with E-state index in [1.807, 2.05) is 0 Å². The van der Waals surface area contributed by atoms with Crippen molar-refractivity contribution < 1.29 is 0 Å². The summed E-state index contributed by atoms with van der Waals surface area (Å²) in [5.74, 6) is 1.39. The molecule has 0 aliphatic rings. The van der Waals surface area contributed by atoms with Gasteiger partial charge in [0.25, 0.3) is 0 Å². The molecule has 0 heterocycles. The fourth-order valence-corrected chi connectivity index (χ4v) is 0. The second-order valence-corrected chi connectivity index (χ2v) is 2.12. The van der Waals surface area contributed by atoms with Gasteiger partial charge in [0.1, 0.15) is 0 Å². The van der Waals surface area contributed by atoms with Gasteiger partial charge in [0, 0.05) is 0 Å². The van der Waals surface area contributed by atoms with Crippen molar-refractivity contribution in [2.45, 2.75) is 5.94 Å². The van der Waals surface area contributed by atoms with Crippen LogP contribution in [-0.2, 0) is 0 Å². The van der Waals surface area contributed by atoms with Gasteiger partial charge in [-0.3, -0.25) is 0 Å². The zero-order chi connectivity index (χ0) is 2.71. The molecule has 0 radical (unpaired) electrons. The summed E-state index contributed by atoms with van der Waals surface area (Å²) in [6.45, 7) is 0. The number of hydrogen-bond donors (Lipinski definition) is 0. The van der Waals surface area contributed by atoms with E-state index in [-0.39, 0.29) is 17.6 Å². The molecule has 0 aromatic heterocycles. The maximum atomic E-state index is 2.19. The zero-order valence-electron chi connectivity index (χ0n) is 2.71. The second kappa shape index (κ2) is 9.17. The normalized spacial score (nSPS) is 5.00. The van der Waals surface area contributed by atoms with E-state index >= 15 is 0 Å². The van der Waals surface area contributed by atoms with Crippen molar-refractivity contribution in [2.24, 2.45) is 0 Å². The third-order valence-electron chi connectivity index (χ3n) is 0. The van der Waals surface area contributed by atoms with Gasteiger partial charge < -0.3 is 0 Å². The van der Waals surface area contributed by atoms with Crippen LogP contribution in [-0.4, -0.2) is 35.7 Å². The van der Waals surface area contributed by atoms with Gasteiger partial charge in [-0.1, -0.05) is 5.94 Å². The van der Waals surface area contributed by atoms with Gasteiger partial charge in [0.2, 0.25) is 0 Å². The van der Waals surface area contributed by atoms with Crippen LogP contribution < -0.4 is 0 Å². The molecule has 26 valence electrons. The number of hydrogen-bond acceptors (Lipinski definition) is 0. The van der Waals surface area contributed by atoms with Gasteiger partial charge >= 0.3 is 17.6 Å². The molecule has 0 amide bonds. The van der Waals surface area contributed by atoms with Gasteiger partial charge in [-0.05, 0) is 10.2 Å². The first-order chi connectivity index (χ1) is 1.41. The first kappa shape index (κ1) is 8.85. The van der Waals surface area contributed by atoms with E-state index in [1.54, 1.807) is 0 Å². The van der Waals surface area contributed by atoms with E-state index in [9.17, 15) is 0 Å². The Hall–Kier alpha value is 0.825. The van der Waals surface area contributed by atoms with Crippen molar-refractivity contribution in [1.29, 1.82) is 0 Å². The second-order valence-electron chi connectivity index (χ2n) is 0.707. The molecule has 0 N–H and O–H groups in total. The minimum absolute atomic E-state index is 0. The molecular weight excluding hydrogens is 124 g/mol. The summed E-state index contributed by atoms with van der Waals surface area (Å²) in [5, 5.41) is 0. The third-order valence-corrected chi connectivity index (χ3v) is 0. The van der Waals surface area contributed by atoms with Crippen LogP contribution in [0.3, 0.4) is 0 Å². The average molecular weight is 135 g/mol. The first-order valence-corrected chi connectivity index (χ1v) is 2.83. The van der Waals surface area contributed by atoms with Gasteiger partial charge in [-0.15, -0.1) is 0 Å². The average Bonchev–Trinajstić information content (AvgIpc) is 0.918. The Morgan fingerprint density at radius 3 is 1.75 bits per heavy atom. The van der Waals surface area contributed by atoms with Crippen LogP contribution in [0.15, 0.2) is 0 Å². The van der Waals surface area contributed by atoms with E-state index in [1.165, 1.54) is 16.2 Å². The molecule has 0 atom stereocenters. The molecule has 0 saturated carbocycles. The fourth-order valence-electron chi connectivity index (χ4n) is 0. The Bertz CT molecular complexity index is 8.00. The Balaban J connectivity index is 0. The van der Waals surface area contributed by atoms with Gasteiger partial charge in [-0.25, -0.2) is 0 Å². The molecule has 0 aromatic carbocycles. The molecule has 0 unspecified atom stereocenters. The van der Waals surface area contributed by atoms with Gasteiger partial charge in [0.05, 0.1) is 7.85 Å². The van der Waals surface area contributed by atoms with E-state index in [0.717, 1.165) is 0 Å². The molecule has 0 spiro atoms. The summed E-state index contributed by atoms with van der Waals surface area (Å²) in [4.78, 5) is 0. The third kappa shape index (κ3) is 13.8. The van der Waals surface area contributed by atoms with Crippen LogP contribution in [0, 0.1) is 0 Å². The van der Waals surface area contributed by atoms with Crippen molar-refractivity contribution in [3.63, 3.8) is 0 Å². The zero-order valence-corrected chi connectivity index (χ0v) is 4.71. The SMILES string of the molecule is BC[SiH3].[GeH4]. The topological polar surface area (TPSA) is 0 Å². The molecule has 4 heavy (non-hydrogen) atoms. The van der Waals surface area contributed by atoms with Gasteiger partial charge in [0.15, 0.2) is 0 Å². The molecular formula is CH11BGeSi. The molecule has 0 fully saturated rings. The predicted molar refractivity (Wildman–Crippen MR) is 34.6 cm³/mol. The van der Waals surface area contributed by atoms with E-state index < -0.39 is 0 Å². The van der Waals surface area contributed by atoms with Gasteiger partial charge in [-0.2, -0.15) is 0 Å². The molecule has 3 heteroatoms. The molecule has 0 aliphatic carbocycles. The summed E-state index contributed by atoms with van der Waals surface area (Å²) < 4.78 is 0. The van der Waals surface area contributed by atoms with Crippen LogP contribution >= 0.6 is 0 Å². The maximum absolute atomic E-state index is 2.19. The summed E-state index contributed by atoms with van der Waals surface area (Å²) >= 11 is 0. The van der Waals surface area contributed by atoms with Crippen LogP contribution in [0.5, 0.6) is 0 Å². The monoisotopic (exact) mass is 136 g/mol. The van der Waals surface area contributed by atoms with E-state index in [2.05, 4.69) is 7.85 Å². The van der Waals surface area contributed by atoms with E-state index in [4.69, 9.17) is 0 Å². The van der Waals surface area contributed by atoms with Crippen LogP contribution in [0.1, 0.15) is 0 Å². The van der Waals surface area contributed by atoms with Crippen molar-refractivity contribution in [3.8, 4) is 0 Å². The Morgan fingerprint density at radius 2 is 1.75 bits per heavy atom. The molecule has 0 bridgehead atoms. The molecule has 0 aromatic rings. The summed E-state index contributed by atoms with van der Waals surface area (Å²) in [5.41, 5.74) is 0.